The van der Waals surface area contributed by atoms with E-state index in [2.05, 4.69) is 53.4 Å². The Hall–Kier alpha value is -2.06. The Morgan fingerprint density at radius 3 is 2.50 bits per heavy atom. The first-order chi connectivity index (χ1) is 14.8. The summed E-state index contributed by atoms with van der Waals surface area (Å²) >= 11 is 1.99. The van der Waals surface area contributed by atoms with E-state index in [1.807, 2.05) is 35.1 Å². The molecule has 0 N–H and O–H groups in total. The lowest BCUT2D eigenvalue weighted by Gasteiger charge is -2.37. The van der Waals surface area contributed by atoms with E-state index in [1.54, 1.807) is 6.40 Å². The zero-order valence-electron chi connectivity index (χ0n) is 17.1. The summed E-state index contributed by atoms with van der Waals surface area (Å²) in [6.45, 7) is 5.33. The van der Waals surface area contributed by atoms with E-state index in [4.69, 9.17) is 14.2 Å². The molecule has 6 nitrogen and oxygen atoms in total. The van der Waals surface area contributed by atoms with Crippen LogP contribution >= 0.6 is 11.8 Å². The molecule has 2 aromatic carbocycles. The molecule has 5 rings (SSSR count). The Balaban J connectivity index is 1.43. The highest BCUT2D eigenvalue weighted by atomic mass is 32.2. The van der Waals surface area contributed by atoms with Gasteiger partial charge in [0, 0.05) is 41.6 Å². The lowest BCUT2D eigenvalue weighted by atomic mass is 9.91. The van der Waals surface area contributed by atoms with E-state index in [0.29, 0.717) is 13.2 Å². The molecule has 0 aromatic heterocycles. The number of hydrazone groups is 1. The van der Waals surface area contributed by atoms with E-state index in [-0.39, 0.29) is 12.1 Å². The second-order valence-electron chi connectivity index (χ2n) is 7.73. The zero-order valence-corrected chi connectivity index (χ0v) is 18.0. The third-order valence-corrected chi connectivity index (χ3v) is 6.88. The maximum Gasteiger partial charge on any atom is 0.222 e. The molecule has 2 saturated heterocycles. The summed E-state index contributed by atoms with van der Waals surface area (Å²) in [5.74, 6) is 1.51. The third-order valence-electron chi connectivity index (χ3n) is 5.94. The molecule has 0 radical (unpaired) electrons. The normalized spacial score (nSPS) is 24.7. The van der Waals surface area contributed by atoms with E-state index < -0.39 is 5.79 Å². The number of hydrogen-bond acceptors (Lipinski definition) is 7. The molecule has 30 heavy (non-hydrogen) atoms. The number of hydrogen-bond donors (Lipinski definition) is 0. The molecule has 2 unspecified atom stereocenters. The van der Waals surface area contributed by atoms with Crippen molar-refractivity contribution in [2.24, 2.45) is 5.10 Å². The largest absolute Gasteiger partial charge is 0.455 e. The van der Waals surface area contributed by atoms with Crippen molar-refractivity contribution in [3.63, 3.8) is 0 Å². The van der Waals surface area contributed by atoms with Crippen LogP contribution in [0, 0.1) is 0 Å². The van der Waals surface area contributed by atoms with Crippen LogP contribution < -0.4 is 0 Å². The first kappa shape index (κ1) is 19.9. The molecule has 3 heterocycles. The van der Waals surface area contributed by atoms with Crippen LogP contribution in [-0.4, -0.2) is 60.6 Å². The van der Waals surface area contributed by atoms with E-state index in [1.165, 1.54) is 5.56 Å². The second-order valence-corrected chi connectivity index (χ2v) is 8.95. The van der Waals surface area contributed by atoms with Gasteiger partial charge in [-0.05, 0) is 11.6 Å². The van der Waals surface area contributed by atoms with Gasteiger partial charge in [-0.25, -0.2) is 0 Å². The van der Waals surface area contributed by atoms with Crippen LogP contribution in [0.4, 0.5) is 0 Å². The van der Waals surface area contributed by atoms with Gasteiger partial charge in [0.2, 0.25) is 12.0 Å². The van der Waals surface area contributed by atoms with Gasteiger partial charge in [0.15, 0.2) is 6.40 Å². The van der Waals surface area contributed by atoms with Gasteiger partial charge in [-0.1, -0.05) is 55.5 Å². The van der Waals surface area contributed by atoms with Gasteiger partial charge in [0.05, 0.1) is 13.2 Å². The van der Waals surface area contributed by atoms with Crippen LogP contribution in [0.5, 0.6) is 0 Å². The number of hydrazine groups is 1. The van der Waals surface area contributed by atoms with Crippen molar-refractivity contribution >= 4 is 18.2 Å². The smallest absolute Gasteiger partial charge is 0.222 e. The van der Waals surface area contributed by atoms with E-state index in [9.17, 15) is 0 Å². The first-order valence-corrected chi connectivity index (χ1v) is 11.7. The number of thioether (sulfide) groups is 1. The predicted molar refractivity (Wildman–Crippen MR) is 118 cm³/mol. The van der Waals surface area contributed by atoms with Crippen LogP contribution in [-0.2, 0) is 20.0 Å². The van der Waals surface area contributed by atoms with Crippen LogP contribution in [0.2, 0.25) is 0 Å². The Kier molecular flexibility index (Phi) is 5.69. The quantitative estimate of drug-likeness (QED) is 0.730. The molecular formula is C23H27N3O3S. The molecular weight excluding hydrogens is 398 g/mol. The maximum absolute atomic E-state index is 6.19. The fraction of sp³-hybridized carbons (Fsp3) is 0.435. The van der Waals surface area contributed by atoms with Gasteiger partial charge in [-0.15, -0.1) is 5.10 Å². The van der Waals surface area contributed by atoms with Gasteiger partial charge >= 0.3 is 0 Å². The van der Waals surface area contributed by atoms with Crippen LogP contribution in [0.15, 0.2) is 59.7 Å². The first-order valence-electron chi connectivity index (χ1n) is 10.5. The summed E-state index contributed by atoms with van der Waals surface area (Å²) in [5, 5.41) is 8.81. The Morgan fingerprint density at radius 1 is 1.00 bits per heavy atom. The highest BCUT2D eigenvalue weighted by molar-refractivity contribution is 7.99. The summed E-state index contributed by atoms with van der Waals surface area (Å²) in [7, 11) is 0. The fourth-order valence-electron chi connectivity index (χ4n) is 4.33. The SMILES string of the molecule is CC(c1cccc(C2(c3ccccc3)OCCO2)c1)C1OC=NN1N1CCSCC1. The number of ether oxygens (including phenoxy) is 3. The highest BCUT2D eigenvalue weighted by Crippen LogP contribution is 2.40. The summed E-state index contributed by atoms with van der Waals surface area (Å²) < 4.78 is 18.3. The average molecular weight is 426 g/mol. The average Bonchev–Trinajstić information content (AvgIpc) is 3.51. The van der Waals surface area contributed by atoms with Crippen LogP contribution in [0.1, 0.15) is 29.5 Å². The summed E-state index contributed by atoms with van der Waals surface area (Å²) in [6, 6.07) is 18.7. The topological polar surface area (TPSA) is 46.5 Å². The van der Waals surface area contributed by atoms with Gasteiger partial charge in [0.25, 0.3) is 0 Å². The predicted octanol–water partition coefficient (Wildman–Crippen LogP) is 3.60. The van der Waals surface area contributed by atoms with Crippen molar-refractivity contribution in [3.05, 3.63) is 71.3 Å². The van der Waals surface area contributed by atoms with Crippen molar-refractivity contribution in [1.82, 2.24) is 10.1 Å². The lowest BCUT2D eigenvalue weighted by Crippen LogP contribution is -2.49. The molecule has 0 aliphatic carbocycles. The third kappa shape index (κ3) is 3.60. The van der Waals surface area contributed by atoms with Gasteiger partial charge < -0.3 is 14.2 Å². The molecule has 0 spiro atoms. The lowest BCUT2D eigenvalue weighted by molar-refractivity contribution is -0.130. The minimum absolute atomic E-state index is 0.122. The van der Waals surface area contributed by atoms with Crippen molar-refractivity contribution < 1.29 is 14.2 Å². The molecule has 3 aliphatic heterocycles. The molecule has 7 heteroatoms. The molecule has 2 fully saturated rings. The standard InChI is InChI=1S/C23H27N3O3S/c1-18(22-26(24-17-27-22)25-10-14-30-15-11-25)19-6-5-9-21(16-19)23(28-12-13-29-23)20-7-3-2-4-8-20/h2-9,16-18,22H,10-15H2,1H3. The summed E-state index contributed by atoms with van der Waals surface area (Å²) in [5.41, 5.74) is 3.20. The minimum atomic E-state index is -0.853. The van der Waals surface area contributed by atoms with Crippen molar-refractivity contribution in [2.45, 2.75) is 24.9 Å². The van der Waals surface area contributed by atoms with Crippen LogP contribution in [0.25, 0.3) is 0 Å². The van der Waals surface area contributed by atoms with Gasteiger partial charge in [-0.2, -0.15) is 21.9 Å². The number of benzene rings is 2. The molecule has 0 amide bonds. The second kappa shape index (κ2) is 8.59. The fourth-order valence-corrected chi connectivity index (χ4v) is 5.21. The molecule has 3 aliphatic rings. The Labute approximate surface area is 181 Å². The summed E-state index contributed by atoms with van der Waals surface area (Å²) in [4.78, 5) is 0. The van der Waals surface area contributed by atoms with Gasteiger partial charge in [0.1, 0.15) is 0 Å². The number of nitrogens with zero attached hydrogens (tertiary/aromatic N) is 3. The zero-order chi connectivity index (χ0) is 20.4. The molecule has 0 bridgehead atoms. The Morgan fingerprint density at radius 2 is 1.73 bits per heavy atom. The number of rotatable bonds is 5. The van der Waals surface area contributed by atoms with E-state index >= 15 is 0 Å². The van der Waals surface area contributed by atoms with Crippen molar-refractivity contribution in [1.29, 1.82) is 0 Å². The van der Waals surface area contributed by atoms with Gasteiger partial charge in [-0.3, -0.25) is 0 Å². The molecule has 158 valence electrons. The Bertz CT molecular complexity index is 882. The maximum atomic E-state index is 6.19. The van der Waals surface area contributed by atoms with Crippen molar-refractivity contribution in [2.75, 3.05) is 37.8 Å². The minimum Gasteiger partial charge on any atom is -0.455 e. The van der Waals surface area contributed by atoms with Crippen molar-refractivity contribution in [3.8, 4) is 0 Å². The van der Waals surface area contributed by atoms with E-state index in [0.717, 1.165) is 35.7 Å². The van der Waals surface area contributed by atoms with Crippen LogP contribution in [0.3, 0.4) is 0 Å². The molecule has 2 atom stereocenters. The molecule has 2 aromatic rings. The summed E-state index contributed by atoms with van der Waals surface area (Å²) in [6.07, 6.45) is 1.42. The molecule has 0 saturated carbocycles. The monoisotopic (exact) mass is 425 g/mol. The highest BCUT2D eigenvalue weighted by Gasteiger charge is 2.41.